The van der Waals surface area contributed by atoms with Crippen LogP contribution in [-0.4, -0.2) is 56.3 Å². The average molecular weight is 465 g/mol. The predicted octanol–water partition coefficient (Wildman–Crippen LogP) is 4.56. The molecule has 7 heteroatoms. The Morgan fingerprint density at radius 2 is 2.00 bits per heavy atom. The van der Waals surface area contributed by atoms with E-state index in [0.29, 0.717) is 13.0 Å². The topological polar surface area (TPSA) is 51.2 Å². The van der Waals surface area contributed by atoms with Crippen molar-refractivity contribution in [2.24, 2.45) is 0 Å². The van der Waals surface area contributed by atoms with Crippen molar-refractivity contribution in [2.45, 2.75) is 19.3 Å². The van der Waals surface area contributed by atoms with Gasteiger partial charge < -0.3 is 24.0 Å². The Labute approximate surface area is 198 Å². The van der Waals surface area contributed by atoms with Gasteiger partial charge in [-0.05, 0) is 90.3 Å². The van der Waals surface area contributed by atoms with E-state index in [4.69, 9.17) is 14.2 Å². The Hall–Kier alpha value is -3.03. The minimum atomic E-state index is 0.117. The standard InChI is InChI=1S/C26H28N2O4S/c1-27(10-6-19-16-33-25-15-21(30-2)4-5-22(19)25)8-3-9-28-11-7-18-12-23-24(32-17-31-23)13-20(18)14-26(28)29/h4-5,7,11-13,15-16H,3,6,8-10,14,17H2,1-2H3. The number of nitrogens with zero attached hydrogens (tertiary/aromatic N) is 2. The van der Waals surface area contributed by atoms with Gasteiger partial charge in [-0.3, -0.25) is 4.79 Å². The lowest BCUT2D eigenvalue weighted by molar-refractivity contribution is -0.127. The molecule has 6 nitrogen and oxygen atoms in total. The van der Waals surface area contributed by atoms with Crippen LogP contribution in [0.2, 0.25) is 0 Å². The van der Waals surface area contributed by atoms with Crippen LogP contribution in [0.3, 0.4) is 0 Å². The van der Waals surface area contributed by atoms with E-state index in [1.54, 1.807) is 18.4 Å². The summed E-state index contributed by atoms with van der Waals surface area (Å²) in [4.78, 5) is 17.0. The number of carbonyl (C=O) groups excluding carboxylic acids is 1. The molecular formula is C26H28N2O4S. The average Bonchev–Trinajstić information content (AvgIpc) is 3.41. The summed E-state index contributed by atoms with van der Waals surface area (Å²) in [6.45, 7) is 2.88. The molecule has 33 heavy (non-hydrogen) atoms. The second-order valence-corrected chi connectivity index (χ2v) is 9.43. The molecule has 0 fully saturated rings. The molecule has 0 saturated heterocycles. The molecule has 0 saturated carbocycles. The van der Waals surface area contributed by atoms with E-state index in [2.05, 4.69) is 29.5 Å². The molecule has 0 aliphatic carbocycles. The van der Waals surface area contributed by atoms with Crippen LogP contribution >= 0.6 is 11.3 Å². The lowest BCUT2D eigenvalue weighted by Crippen LogP contribution is -2.30. The normalized spacial score (nSPS) is 14.8. The zero-order valence-electron chi connectivity index (χ0n) is 19.0. The molecule has 0 bridgehead atoms. The lowest BCUT2D eigenvalue weighted by atomic mass is 10.0. The molecule has 3 aromatic rings. The van der Waals surface area contributed by atoms with Gasteiger partial charge in [0.2, 0.25) is 12.7 Å². The van der Waals surface area contributed by atoms with E-state index in [-0.39, 0.29) is 12.7 Å². The molecule has 0 N–H and O–H groups in total. The monoisotopic (exact) mass is 464 g/mol. The largest absolute Gasteiger partial charge is 0.497 e. The summed E-state index contributed by atoms with van der Waals surface area (Å²) in [6.07, 6.45) is 6.22. The van der Waals surface area contributed by atoms with Gasteiger partial charge in [-0.1, -0.05) is 0 Å². The van der Waals surface area contributed by atoms with E-state index in [1.807, 2.05) is 35.4 Å². The highest BCUT2D eigenvalue weighted by Crippen LogP contribution is 2.36. The van der Waals surface area contributed by atoms with Crippen LogP contribution in [0, 0.1) is 0 Å². The Kier molecular flexibility index (Phi) is 6.24. The highest BCUT2D eigenvalue weighted by molar-refractivity contribution is 7.17. The van der Waals surface area contributed by atoms with Gasteiger partial charge in [0.25, 0.3) is 0 Å². The third kappa shape index (κ3) is 4.70. The van der Waals surface area contributed by atoms with E-state index in [1.165, 1.54) is 15.6 Å². The number of hydrogen-bond acceptors (Lipinski definition) is 6. The summed E-state index contributed by atoms with van der Waals surface area (Å²) in [7, 11) is 3.85. The van der Waals surface area contributed by atoms with Crippen LogP contribution in [0.4, 0.5) is 0 Å². The SMILES string of the molecule is COc1ccc2c(CCN(C)CCCN3C=Cc4cc5c(cc4CC3=O)OCO5)csc2c1. The minimum Gasteiger partial charge on any atom is -0.497 e. The Morgan fingerprint density at radius 3 is 2.85 bits per heavy atom. The first-order valence-electron chi connectivity index (χ1n) is 11.2. The molecule has 3 heterocycles. The maximum Gasteiger partial charge on any atom is 0.231 e. The molecule has 5 rings (SSSR count). The molecule has 0 radical (unpaired) electrons. The van der Waals surface area contributed by atoms with Gasteiger partial charge in [0.1, 0.15) is 5.75 Å². The van der Waals surface area contributed by atoms with Crippen molar-refractivity contribution in [3.05, 3.63) is 58.6 Å². The van der Waals surface area contributed by atoms with E-state index in [0.717, 1.165) is 54.3 Å². The maximum atomic E-state index is 12.8. The number of benzene rings is 2. The number of fused-ring (bicyclic) bond motifs is 3. The summed E-state index contributed by atoms with van der Waals surface area (Å²) < 4.78 is 17.5. The smallest absolute Gasteiger partial charge is 0.231 e. The first-order valence-corrected chi connectivity index (χ1v) is 12.1. The third-order valence-electron chi connectivity index (χ3n) is 6.30. The number of thiophene rings is 1. The first kappa shape index (κ1) is 21.8. The fraction of sp³-hybridized carbons (Fsp3) is 0.346. The molecule has 2 aliphatic rings. The van der Waals surface area contributed by atoms with Crippen LogP contribution < -0.4 is 14.2 Å². The number of rotatable bonds is 8. The quantitative estimate of drug-likeness (QED) is 0.489. The molecule has 172 valence electrons. The highest BCUT2D eigenvalue weighted by Gasteiger charge is 2.22. The van der Waals surface area contributed by atoms with Gasteiger partial charge >= 0.3 is 0 Å². The molecule has 0 unspecified atom stereocenters. The number of ether oxygens (including phenoxy) is 3. The van der Waals surface area contributed by atoms with Gasteiger partial charge in [-0.2, -0.15) is 0 Å². The molecule has 2 aromatic carbocycles. The fourth-order valence-electron chi connectivity index (χ4n) is 4.34. The Morgan fingerprint density at radius 1 is 1.15 bits per heavy atom. The van der Waals surface area contributed by atoms with Crippen LogP contribution in [-0.2, 0) is 17.6 Å². The zero-order chi connectivity index (χ0) is 22.8. The summed E-state index contributed by atoms with van der Waals surface area (Å²) in [6, 6.07) is 10.2. The number of likely N-dealkylation sites (N-methyl/N-ethyl adjacent to an activating group) is 1. The van der Waals surface area contributed by atoms with Crippen LogP contribution in [0.1, 0.15) is 23.1 Å². The summed E-state index contributed by atoms with van der Waals surface area (Å²) in [5, 5.41) is 3.57. The summed E-state index contributed by atoms with van der Waals surface area (Å²) >= 11 is 1.77. The second kappa shape index (κ2) is 9.45. The Bertz CT molecular complexity index is 1200. The van der Waals surface area contributed by atoms with E-state index < -0.39 is 0 Å². The molecule has 0 atom stereocenters. The highest BCUT2D eigenvalue weighted by atomic mass is 32.1. The maximum absolute atomic E-state index is 12.8. The third-order valence-corrected chi connectivity index (χ3v) is 7.29. The Balaban J connectivity index is 1.12. The number of amides is 1. The number of methoxy groups -OCH3 is 1. The minimum absolute atomic E-state index is 0.117. The van der Waals surface area contributed by atoms with Crippen molar-refractivity contribution < 1.29 is 19.0 Å². The summed E-state index contributed by atoms with van der Waals surface area (Å²) in [5.41, 5.74) is 3.39. The van der Waals surface area contributed by atoms with Crippen molar-refractivity contribution in [1.82, 2.24) is 9.80 Å². The molecular weight excluding hydrogens is 436 g/mol. The zero-order valence-corrected chi connectivity index (χ0v) is 19.8. The predicted molar refractivity (Wildman–Crippen MR) is 131 cm³/mol. The molecule has 1 amide bonds. The first-order chi connectivity index (χ1) is 16.1. The van der Waals surface area contributed by atoms with Crippen LogP contribution in [0.5, 0.6) is 17.2 Å². The van der Waals surface area contributed by atoms with Gasteiger partial charge in [-0.25, -0.2) is 0 Å². The number of carbonyl (C=O) groups is 1. The molecule has 1 aromatic heterocycles. The molecule has 2 aliphatic heterocycles. The van der Waals surface area contributed by atoms with Crippen molar-refractivity contribution in [2.75, 3.05) is 40.6 Å². The van der Waals surface area contributed by atoms with Gasteiger partial charge in [0.15, 0.2) is 11.5 Å². The van der Waals surface area contributed by atoms with Gasteiger partial charge in [0.05, 0.1) is 13.5 Å². The van der Waals surface area contributed by atoms with Crippen molar-refractivity contribution >= 4 is 33.4 Å². The van der Waals surface area contributed by atoms with E-state index >= 15 is 0 Å². The van der Waals surface area contributed by atoms with E-state index in [9.17, 15) is 4.79 Å². The number of hydrogen-bond donors (Lipinski definition) is 0. The van der Waals surface area contributed by atoms with Crippen molar-refractivity contribution in [3.8, 4) is 17.2 Å². The lowest BCUT2D eigenvalue weighted by Gasteiger charge is -2.20. The van der Waals surface area contributed by atoms with Crippen LogP contribution in [0.25, 0.3) is 16.2 Å². The van der Waals surface area contributed by atoms with Gasteiger partial charge in [-0.15, -0.1) is 11.3 Å². The van der Waals surface area contributed by atoms with Crippen molar-refractivity contribution in [1.29, 1.82) is 0 Å². The van der Waals surface area contributed by atoms with Gasteiger partial charge in [0, 0.05) is 24.0 Å². The summed E-state index contributed by atoms with van der Waals surface area (Å²) in [5.74, 6) is 2.49. The second-order valence-electron chi connectivity index (χ2n) is 8.51. The van der Waals surface area contributed by atoms with Crippen molar-refractivity contribution in [3.63, 3.8) is 0 Å². The van der Waals surface area contributed by atoms with Crippen LogP contribution in [0.15, 0.2) is 41.9 Å². The fourth-order valence-corrected chi connectivity index (χ4v) is 5.37. The molecule has 0 spiro atoms.